The molecule has 0 bridgehead atoms. The predicted octanol–water partition coefficient (Wildman–Crippen LogP) is 6.90. The van der Waals surface area contributed by atoms with Gasteiger partial charge in [0.1, 0.15) is 0 Å². The van der Waals surface area contributed by atoms with Crippen molar-refractivity contribution in [3.8, 4) is 0 Å². The highest BCUT2D eigenvalue weighted by molar-refractivity contribution is 14.1. The van der Waals surface area contributed by atoms with Crippen LogP contribution in [0.3, 0.4) is 0 Å². The van der Waals surface area contributed by atoms with Crippen LogP contribution in [0.5, 0.6) is 0 Å². The van der Waals surface area contributed by atoms with Gasteiger partial charge in [0, 0.05) is 0 Å². The smallest absolute Gasteiger partial charge is 0.192 e. The van der Waals surface area contributed by atoms with E-state index in [2.05, 4.69) is 82.5 Å². The van der Waals surface area contributed by atoms with Crippen LogP contribution in [0.1, 0.15) is 60.3 Å². The molecule has 0 heterocycles. The molecule has 0 aromatic rings. The molecule has 0 aliphatic heterocycles. The lowest BCUT2D eigenvalue weighted by molar-refractivity contribution is 0.318. The fraction of sp³-hybridized carbons (Fsp3) is 0.778. The molecule has 0 fully saturated rings. The van der Waals surface area contributed by atoms with Crippen LogP contribution in [-0.2, 0) is 4.43 Å². The normalized spacial score (nSPS) is 14.7. The van der Waals surface area contributed by atoms with Crippen molar-refractivity contribution in [1.82, 2.24) is 0 Å². The number of hydrogen-bond acceptors (Lipinski definition) is 1. The van der Waals surface area contributed by atoms with E-state index in [-0.39, 0.29) is 0 Å². The fourth-order valence-electron chi connectivity index (χ4n) is 1.64. The highest BCUT2D eigenvalue weighted by Crippen LogP contribution is 2.36. The van der Waals surface area contributed by atoms with Gasteiger partial charge in [-0.3, -0.25) is 0 Å². The van der Waals surface area contributed by atoms with Crippen molar-refractivity contribution in [2.24, 2.45) is 0 Å². The summed E-state index contributed by atoms with van der Waals surface area (Å²) in [4.78, 5) is 0. The van der Waals surface area contributed by atoms with E-state index in [1.54, 1.807) is 0 Å². The topological polar surface area (TPSA) is 9.23 Å². The number of allylic oxidation sites excluding steroid dienone is 3. The molecule has 21 heavy (non-hydrogen) atoms. The highest BCUT2D eigenvalue weighted by Gasteiger charge is 2.36. The van der Waals surface area contributed by atoms with Crippen molar-refractivity contribution >= 4 is 30.9 Å². The van der Waals surface area contributed by atoms with Gasteiger partial charge in [0.25, 0.3) is 0 Å². The van der Waals surface area contributed by atoms with Crippen LogP contribution in [0.25, 0.3) is 0 Å². The summed E-state index contributed by atoms with van der Waals surface area (Å²) in [6.07, 6.45) is 9.59. The Kier molecular flexibility index (Phi) is 10.4. The van der Waals surface area contributed by atoms with E-state index in [1.807, 2.05) is 0 Å². The molecule has 0 saturated heterocycles. The summed E-state index contributed by atoms with van der Waals surface area (Å²) in [5.74, 6) is 0. The molecule has 0 amide bonds. The Morgan fingerprint density at radius 1 is 1.05 bits per heavy atom. The summed E-state index contributed by atoms with van der Waals surface area (Å²) in [6.45, 7) is 16.8. The van der Waals surface area contributed by atoms with E-state index in [4.69, 9.17) is 4.43 Å². The average molecular weight is 422 g/mol. The van der Waals surface area contributed by atoms with Gasteiger partial charge in [-0.1, -0.05) is 66.7 Å². The zero-order chi connectivity index (χ0) is 16.5. The Balaban J connectivity index is 4.13. The summed E-state index contributed by atoms with van der Waals surface area (Å²) in [6, 6.07) is 0. The van der Waals surface area contributed by atoms with E-state index in [1.165, 1.54) is 34.8 Å². The Hall–Kier alpha value is 0.387. The second-order valence-corrected chi connectivity index (χ2v) is 13.4. The lowest BCUT2D eigenvalue weighted by Gasteiger charge is -2.36. The number of hydrogen-bond donors (Lipinski definition) is 0. The maximum Gasteiger partial charge on any atom is 0.192 e. The van der Waals surface area contributed by atoms with Gasteiger partial charge in [-0.2, -0.15) is 0 Å². The van der Waals surface area contributed by atoms with Crippen LogP contribution in [0.4, 0.5) is 0 Å². The maximum absolute atomic E-state index is 6.25. The van der Waals surface area contributed by atoms with Crippen LogP contribution in [0, 0.1) is 0 Å². The van der Waals surface area contributed by atoms with E-state index >= 15 is 0 Å². The summed E-state index contributed by atoms with van der Waals surface area (Å²) in [5, 5.41) is 0.297. The van der Waals surface area contributed by atoms with Gasteiger partial charge >= 0.3 is 0 Å². The predicted molar refractivity (Wildman–Crippen MR) is 108 cm³/mol. The Labute approximate surface area is 147 Å². The minimum Gasteiger partial charge on any atom is -0.413 e. The van der Waals surface area contributed by atoms with E-state index in [9.17, 15) is 0 Å². The lowest BCUT2D eigenvalue weighted by atomic mass is 10.1. The summed E-state index contributed by atoms with van der Waals surface area (Å²) >= 11 is 2.44. The quantitative estimate of drug-likeness (QED) is 0.129. The molecule has 0 aromatic heterocycles. The fourth-order valence-corrected chi connectivity index (χ4v) is 3.11. The number of unbranched alkanes of at least 4 members (excludes halogenated alkanes) is 1. The number of rotatable bonds is 9. The summed E-state index contributed by atoms with van der Waals surface area (Å²) < 4.78 is 7.50. The molecule has 0 aromatic carbocycles. The van der Waals surface area contributed by atoms with E-state index in [0.717, 1.165) is 13.0 Å². The molecule has 0 aliphatic rings. The first kappa shape index (κ1) is 21.4. The third kappa shape index (κ3) is 9.90. The van der Waals surface area contributed by atoms with Crippen molar-refractivity contribution in [2.75, 3.05) is 11.0 Å². The molecule has 1 nitrogen and oxygen atoms in total. The molecule has 0 saturated carbocycles. The first-order chi connectivity index (χ1) is 9.60. The van der Waals surface area contributed by atoms with Gasteiger partial charge in [-0.25, -0.2) is 0 Å². The second-order valence-electron chi connectivity index (χ2n) is 7.52. The van der Waals surface area contributed by atoms with Crippen LogP contribution in [0.15, 0.2) is 23.3 Å². The van der Waals surface area contributed by atoms with E-state index < -0.39 is 8.32 Å². The molecule has 0 rings (SSSR count). The number of halogens is 1. The lowest BCUT2D eigenvalue weighted by Crippen LogP contribution is -2.41. The Bertz CT molecular complexity index is 351. The van der Waals surface area contributed by atoms with Gasteiger partial charge in [-0.15, -0.1) is 0 Å². The third-order valence-electron chi connectivity index (χ3n) is 4.33. The van der Waals surface area contributed by atoms with Gasteiger partial charge < -0.3 is 4.43 Å². The first-order valence-corrected chi connectivity index (χ1v) is 12.5. The molecule has 0 radical (unpaired) electrons. The van der Waals surface area contributed by atoms with Crippen molar-refractivity contribution in [3.05, 3.63) is 23.3 Å². The zero-order valence-electron chi connectivity index (χ0n) is 15.2. The zero-order valence-corrected chi connectivity index (χ0v) is 18.3. The Morgan fingerprint density at radius 2 is 1.62 bits per heavy atom. The minimum atomic E-state index is -1.60. The SMILES string of the molecule is C/C(=C\CCCI)CC/C=C(\C)CO[Si](C)(C)C(C)(C)C. The van der Waals surface area contributed by atoms with E-state index in [0.29, 0.717) is 5.04 Å². The highest BCUT2D eigenvalue weighted by atomic mass is 127. The van der Waals surface area contributed by atoms with Crippen LogP contribution >= 0.6 is 22.6 Å². The van der Waals surface area contributed by atoms with Crippen LogP contribution in [-0.4, -0.2) is 19.4 Å². The van der Waals surface area contributed by atoms with Gasteiger partial charge in [0.15, 0.2) is 8.32 Å². The molecular formula is C18H35IOSi. The van der Waals surface area contributed by atoms with Crippen molar-refractivity contribution < 1.29 is 4.43 Å². The molecule has 0 atom stereocenters. The van der Waals surface area contributed by atoms with Crippen LogP contribution in [0.2, 0.25) is 18.1 Å². The molecule has 0 unspecified atom stereocenters. The molecule has 3 heteroatoms. The van der Waals surface area contributed by atoms with Gasteiger partial charge in [-0.05, 0) is 62.1 Å². The monoisotopic (exact) mass is 422 g/mol. The molecule has 124 valence electrons. The Morgan fingerprint density at radius 3 is 2.14 bits per heavy atom. The van der Waals surface area contributed by atoms with Gasteiger partial charge in [0.2, 0.25) is 0 Å². The third-order valence-corrected chi connectivity index (χ3v) is 9.57. The average Bonchev–Trinajstić information content (AvgIpc) is 2.35. The minimum absolute atomic E-state index is 0.297. The first-order valence-electron chi connectivity index (χ1n) is 8.11. The maximum atomic E-state index is 6.25. The molecule has 0 spiro atoms. The standard InChI is InChI=1S/C18H35IOSi/c1-16(11-8-9-14-19)12-10-13-17(2)15-20-21(6,7)18(3,4)5/h11,13H,8-10,12,14-15H2,1-7H3/b16-11+,17-13+. The second kappa shape index (κ2) is 10.2. The summed E-state index contributed by atoms with van der Waals surface area (Å²) in [7, 11) is -1.60. The van der Waals surface area contributed by atoms with Crippen molar-refractivity contribution in [1.29, 1.82) is 0 Å². The van der Waals surface area contributed by atoms with Crippen molar-refractivity contribution in [2.45, 2.75) is 78.4 Å². The van der Waals surface area contributed by atoms with Crippen molar-refractivity contribution in [3.63, 3.8) is 0 Å². The largest absolute Gasteiger partial charge is 0.413 e. The van der Waals surface area contributed by atoms with Gasteiger partial charge in [0.05, 0.1) is 6.61 Å². The molecule has 0 N–H and O–H groups in total. The molecular weight excluding hydrogens is 387 g/mol. The summed E-state index contributed by atoms with van der Waals surface area (Å²) in [5.41, 5.74) is 2.90. The number of alkyl halides is 1. The molecule has 0 aliphatic carbocycles. The van der Waals surface area contributed by atoms with Crippen LogP contribution < -0.4 is 0 Å².